The average molecular weight is 334 g/mol. The Morgan fingerprint density at radius 2 is 2.11 bits per heavy atom. The molecule has 2 atom stereocenters. The van der Waals surface area contributed by atoms with Crippen LogP contribution in [0.2, 0.25) is 0 Å². The van der Waals surface area contributed by atoms with E-state index in [0.717, 1.165) is 4.47 Å². The molecular formula is C13H17BrFNO3. The molecule has 106 valence electrons. The molecule has 0 bridgehead atoms. The third-order valence-corrected chi connectivity index (χ3v) is 3.39. The van der Waals surface area contributed by atoms with E-state index in [1.165, 1.54) is 12.1 Å². The second kappa shape index (κ2) is 6.98. The molecule has 2 rings (SSSR count). The Balaban J connectivity index is 0.000000200. The molecule has 0 amide bonds. The predicted octanol–water partition coefficient (Wildman–Crippen LogP) is 2.41. The number of halogens is 2. The van der Waals surface area contributed by atoms with Crippen LogP contribution in [0.15, 0.2) is 28.7 Å². The van der Waals surface area contributed by atoms with Gasteiger partial charge < -0.3 is 15.6 Å². The smallest absolute Gasteiger partial charge is 0.308 e. The van der Waals surface area contributed by atoms with Gasteiger partial charge in [-0.25, -0.2) is 4.39 Å². The van der Waals surface area contributed by atoms with Crippen LogP contribution in [0.5, 0.6) is 0 Å². The van der Waals surface area contributed by atoms with Crippen LogP contribution in [0.1, 0.15) is 13.3 Å². The zero-order valence-electron chi connectivity index (χ0n) is 10.6. The largest absolute Gasteiger partial charge is 0.481 e. The fraction of sp³-hybridized carbons (Fsp3) is 0.462. The van der Waals surface area contributed by atoms with Crippen LogP contribution in [0.4, 0.5) is 4.39 Å². The Morgan fingerprint density at radius 1 is 1.53 bits per heavy atom. The number of nitrogens with two attached hydrogens (primary N) is 1. The van der Waals surface area contributed by atoms with Gasteiger partial charge in [0, 0.05) is 16.6 Å². The summed E-state index contributed by atoms with van der Waals surface area (Å²) in [6, 6.07) is 6.14. The third kappa shape index (κ3) is 5.26. The van der Waals surface area contributed by atoms with Gasteiger partial charge in [-0.15, -0.1) is 0 Å². The highest BCUT2D eigenvalue weighted by molar-refractivity contribution is 9.10. The minimum absolute atomic E-state index is 0.201. The van der Waals surface area contributed by atoms with Gasteiger partial charge in [0.2, 0.25) is 0 Å². The molecule has 0 radical (unpaired) electrons. The predicted molar refractivity (Wildman–Crippen MR) is 73.3 cm³/mol. The number of carbonyl (C=O) groups is 1. The summed E-state index contributed by atoms with van der Waals surface area (Å²) >= 11 is 3.18. The van der Waals surface area contributed by atoms with Crippen molar-refractivity contribution < 1.29 is 19.0 Å². The summed E-state index contributed by atoms with van der Waals surface area (Å²) in [5, 5.41) is 8.74. The molecule has 1 aromatic rings. The minimum atomic E-state index is -0.821. The molecule has 1 aliphatic heterocycles. The van der Waals surface area contributed by atoms with Crippen LogP contribution < -0.4 is 5.73 Å². The van der Waals surface area contributed by atoms with Crippen molar-refractivity contribution in [2.24, 2.45) is 11.7 Å². The van der Waals surface area contributed by atoms with E-state index < -0.39 is 17.4 Å². The molecule has 6 heteroatoms. The lowest BCUT2D eigenvalue weighted by Gasteiger charge is -2.35. The van der Waals surface area contributed by atoms with Gasteiger partial charge in [0.15, 0.2) is 0 Å². The van der Waals surface area contributed by atoms with E-state index in [1.807, 2.05) is 0 Å². The van der Waals surface area contributed by atoms with Crippen LogP contribution in [0, 0.1) is 11.7 Å². The molecule has 4 nitrogen and oxygen atoms in total. The highest BCUT2D eigenvalue weighted by Gasteiger charge is 2.38. The molecular weight excluding hydrogens is 317 g/mol. The number of benzene rings is 1. The van der Waals surface area contributed by atoms with E-state index in [9.17, 15) is 9.18 Å². The van der Waals surface area contributed by atoms with Crippen molar-refractivity contribution >= 4 is 21.9 Å². The fourth-order valence-corrected chi connectivity index (χ4v) is 2.02. The molecule has 0 saturated carbocycles. The van der Waals surface area contributed by atoms with Crippen molar-refractivity contribution in [1.29, 1.82) is 0 Å². The quantitative estimate of drug-likeness (QED) is 0.827. The lowest BCUT2D eigenvalue weighted by molar-refractivity contribution is -0.148. The number of hydrogen-bond donors (Lipinski definition) is 2. The zero-order chi connectivity index (χ0) is 14.5. The van der Waals surface area contributed by atoms with Gasteiger partial charge in [-0.1, -0.05) is 15.9 Å². The molecule has 0 aliphatic carbocycles. The number of carboxylic acid groups (broad SMARTS) is 1. The van der Waals surface area contributed by atoms with Crippen molar-refractivity contribution in [2.45, 2.75) is 18.9 Å². The van der Waals surface area contributed by atoms with Gasteiger partial charge in [0.25, 0.3) is 0 Å². The summed E-state index contributed by atoms with van der Waals surface area (Å²) < 4.78 is 18.0. The van der Waals surface area contributed by atoms with Crippen LogP contribution in [0.3, 0.4) is 0 Å². The molecule has 2 unspecified atom stereocenters. The van der Waals surface area contributed by atoms with E-state index in [1.54, 1.807) is 19.1 Å². The Bertz CT molecular complexity index is 401. The number of aliphatic carboxylic acids is 1. The molecule has 1 aliphatic rings. The van der Waals surface area contributed by atoms with Crippen LogP contribution >= 0.6 is 15.9 Å². The topological polar surface area (TPSA) is 72.5 Å². The monoisotopic (exact) mass is 333 g/mol. The lowest BCUT2D eigenvalue weighted by atomic mass is 9.83. The summed E-state index contributed by atoms with van der Waals surface area (Å²) in [5.74, 6) is -1.48. The molecule has 3 N–H and O–H groups in total. The van der Waals surface area contributed by atoms with Gasteiger partial charge in [0.05, 0.1) is 12.5 Å². The highest BCUT2D eigenvalue weighted by atomic mass is 79.9. The molecule has 1 aromatic carbocycles. The molecule has 0 spiro atoms. The SMILES string of the molecule is CC1(N)COCCC1C(=O)O.Fc1ccc(Br)cc1. The van der Waals surface area contributed by atoms with Crippen molar-refractivity contribution in [2.75, 3.05) is 13.2 Å². The lowest BCUT2D eigenvalue weighted by Crippen LogP contribution is -2.54. The van der Waals surface area contributed by atoms with Gasteiger partial charge in [-0.2, -0.15) is 0 Å². The Hall–Kier alpha value is -0.980. The second-order valence-corrected chi connectivity index (χ2v) is 5.59. The maximum absolute atomic E-state index is 12.1. The first kappa shape index (κ1) is 16.1. The van der Waals surface area contributed by atoms with Crippen LogP contribution in [-0.4, -0.2) is 29.8 Å². The summed E-state index contributed by atoms with van der Waals surface area (Å²) in [6.45, 7) is 2.55. The molecule has 1 fully saturated rings. The maximum atomic E-state index is 12.1. The first-order valence-corrected chi connectivity index (χ1v) is 6.63. The normalized spacial score (nSPS) is 26.2. The molecule has 19 heavy (non-hydrogen) atoms. The second-order valence-electron chi connectivity index (χ2n) is 4.67. The highest BCUT2D eigenvalue weighted by Crippen LogP contribution is 2.23. The Morgan fingerprint density at radius 3 is 2.47 bits per heavy atom. The Kier molecular flexibility index (Phi) is 5.90. The molecule has 1 saturated heterocycles. The first-order valence-electron chi connectivity index (χ1n) is 5.83. The number of carboxylic acids is 1. The van der Waals surface area contributed by atoms with Gasteiger partial charge in [-0.05, 0) is 37.6 Å². The van der Waals surface area contributed by atoms with E-state index in [0.29, 0.717) is 19.6 Å². The maximum Gasteiger partial charge on any atom is 0.308 e. The van der Waals surface area contributed by atoms with Crippen molar-refractivity contribution in [3.63, 3.8) is 0 Å². The molecule has 0 aromatic heterocycles. The van der Waals surface area contributed by atoms with E-state index >= 15 is 0 Å². The summed E-state index contributed by atoms with van der Waals surface area (Å²) in [4.78, 5) is 10.6. The fourth-order valence-electron chi connectivity index (χ4n) is 1.76. The van der Waals surface area contributed by atoms with Gasteiger partial charge in [0.1, 0.15) is 5.82 Å². The minimum Gasteiger partial charge on any atom is -0.481 e. The molecule has 1 heterocycles. The van der Waals surface area contributed by atoms with Crippen molar-refractivity contribution in [1.82, 2.24) is 0 Å². The van der Waals surface area contributed by atoms with Crippen LogP contribution in [-0.2, 0) is 9.53 Å². The summed E-state index contributed by atoms with van der Waals surface area (Å²) in [5.41, 5.74) is 5.01. The van der Waals surface area contributed by atoms with Crippen LogP contribution in [0.25, 0.3) is 0 Å². The Labute approximate surface area is 119 Å². The average Bonchev–Trinajstić information content (AvgIpc) is 2.33. The first-order chi connectivity index (χ1) is 8.83. The van der Waals surface area contributed by atoms with Gasteiger partial charge in [-0.3, -0.25) is 4.79 Å². The number of hydrogen-bond acceptors (Lipinski definition) is 3. The summed E-state index contributed by atoms with van der Waals surface area (Å²) in [6.07, 6.45) is 0.516. The third-order valence-electron chi connectivity index (χ3n) is 2.86. The van der Waals surface area contributed by atoms with E-state index in [4.69, 9.17) is 15.6 Å². The standard InChI is InChI=1S/C7H13NO3.C6H4BrF/c1-7(8)4-11-3-2-5(7)6(9)10;7-5-1-3-6(8)4-2-5/h5H,2-4,8H2,1H3,(H,9,10);1-4H. The van der Waals surface area contributed by atoms with Gasteiger partial charge >= 0.3 is 5.97 Å². The number of rotatable bonds is 1. The van der Waals surface area contributed by atoms with E-state index in [-0.39, 0.29) is 5.82 Å². The zero-order valence-corrected chi connectivity index (χ0v) is 12.2. The van der Waals surface area contributed by atoms with E-state index in [2.05, 4.69) is 15.9 Å². The summed E-state index contributed by atoms with van der Waals surface area (Å²) in [7, 11) is 0. The van der Waals surface area contributed by atoms with Crippen molar-refractivity contribution in [3.05, 3.63) is 34.6 Å². The van der Waals surface area contributed by atoms with Crippen molar-refractivity contribution in [3.8, 4) is 0 Å². The number of ether oxygens (including phenoxy) is 1.